The molecule has 130 valence electrons. The van der Waals surface area contributed by atoms with Crippen molar-refractivity contribution in [3.05, 3.63) is 33.6 Å². The third kappa shape index (κ3) is 3.97. The lowest BCUT2D eigenvalue weighted by Crippen LogP contribution is -2.46. The molecule has 1 aliphatic heterocycles. The highest BCUT2D eigenvalue weighted by atomic mass is 35.5. The highest BCUT2D eigenvalue weighted by molar-refractivity contribution is 7.89. The van der Waals surface area contributed by atoms with E-state index in [0.717, 1.165) is 18.6 Å². The number of likely N-dealkylation sites (N-methyl/N-ethyl adjacent to an activating group) is 1. The first-order valence-corrected chi connectivity index (χ1v) is 8.33. The molecule has 23 heavy (non-hydrogen) atoms. The summed E-state index contributed by atoms with van der Waals surface area (Å²) in [7, 11) is -2.20. The lowest BCUT2D eigenvalue weighted by atomic mass is 10.1. The number of nitro benzene ring substituents is 1. The van der Waals surface area contributed by atoms with E-state index in [2.05, 4.69) is 5.32 Å². The molecule has 0 amide bonds. The van der Waals surface area contributed by atoms with Gasteiger partial charge in [-0.2, -0.15) is 4.31 Å². The van der Waals surface area contributed by atoms with Crippen LogP contribution in [-0.4, -0.2) is 43.8 Å². The molecule has 0 saturated carbocycles. The van der Waals surface area contributed by atoms with Crippen LogP contribution in [0.15, 0.2) is 17.0 Å². The molecule has 0 aliphatic carbocycles. The van der Waals surface area contributed by atoms with Crippen molar-refractivity contribution in [3.8, 4) is 0 Å². The van der Waals surface area contributed by atoms with Gasteiger partial charge in [-0.25, -0.2) is 12.8 Å². The molecule has 1 aliphatic rings. The van der Waals surface area contributed by atoms with E-state index in [9.17, 15) is 22.9 Å². The van der Waals surface area contributed by atoms with Crippen molar-refractivity contribution in [2.24, 2.45) is 0 Å². The topological polar surface area (TPSA) is 92.6 Å². The van der Waals surface area contributed by atoms with E-state index < -0.39 is 26.5 Å². The second-order valence-corrected chi connectivity index (χ2v) is 7.24. The Labute approximate surface area is 140 Å². The molecular formula is C13H19ClFN3O4S. The fourth-order valence-corrected chi connectivity index (χ4v) is 4.08. The molecule has 0 radical (unpaired) electrons. The second-order valence-electron chi connectivity index (χ2n) is 5.30. The summed E-state index contributed by atoms with van der Waals surface area (Å²) in [5.74, 6) is -0.894. The second kappa shape index (κ2) is 7.52. The van der Waals surface area contributed by atoms with Gasteiger partial charge in [-0.1, -0.05) is 0 Å². The van der Waals surface area contributed by atoms with Gasteiger partial charge in [0.1, 0.15) is 5.82 Å². The van der Waals surface area contributed by atoms with E-state index in [1.807, 2.05) is 0 Å². The first-order chi connectivity index (χ1) is 10.3. The zero-order valence-corrected chi connectivity index (χ0v) is 14.4. The molecule has 1 aromatic carbocycles. The maximum absolute atomic E-state index is 13.8. The average Bonchev–Trinajstić information content (AvgIpc) is 2.49. The summed E-state index contributed by atoms with van der Waals surface area (Å²) < 4.78 is 40.3. The largest absolute Gasteiger partial charge is 0.316 e. The highest BCUT2D eigenvalue weighted by Gasteiger charge is 2.32. The van der Waals surface area contributed by atoms with Crippen LogP contribution >= 0.6 is 12.4 Å². The summed E-state index contributed by atoms with van der Waals surface area (Å²) in [6, 6.07) is 1.80. The average molecular weight is 368 g/mol. The molecule has 1 atom stereocenters. The highest BCUT2D eigenvalue weighted by Crippen LogP contribution is 2.28. The molecular weight excluding hydrogens is 349 g/mol. The fourth-order valence-electron chi connectivity index (χ4n) is 2.52. The predicted octanol–water partition coefficient (Wildman–Crippen LogP) is 1.84. The maximum atomic E-state index is 13.8. The first-order valence-electron chi connectivity index (χ1n) is 6.89. The molecule has 0 aromatic heterocycles. The number of nitro groups is 1. The number of rotatable bonds is 4. The number of halogens is 2. The fraction of sp³-hybridized carbons (Fsp3) is 0.538. The smallest absolute Gasteiger partial charge is 0.276 e. The minimum atomic E-state index is -3.95. The number of benzene rings is 1. The van der Waals surface area contributed by atoms with Crippen LogP contribution in [0.4, 0.5) is 10.1 Å². The minimum Gasteiger partial charge on any atom is -0.316 e. The van der Waals surface area contributed by atoms with E-state index in [-0.39, 0.29) is 35.5 Å². The van der Waals surface area contributed by atoms with Crippen LogP contribution < -0.4 is 5.32 Å². The number of hydrogen-bond donors (Lipinski definition) is 1. The lowest BCUT2D eigenvalue weighted by molar-refractivity contribution is -0.385. The molecule has 1 N–H and O–H groups in total. The Morgan fingerprint density at radius 1 is 1.43 bits per heavy atom. The zero-order valence-electron chi connectivity index (χ0n) is 12.8. The van der Waals surface area contributed by atoms with E-state index in [1.165, 1.54) is 11.2 Å². The van der Waals surface area contributed by atoms with Crippen molar-refractivity contribution in [2.45, 2.75) is 30.7 Å². The van der Waals surface area contributed by atoms with Crippen molar-refractivity contribution < 1.29 is 17.7 Å². The van der Waals surface area contributed by atoms with Gasteiger partial charge in [-0.3, -0.25) is 10.1 Å². The van der Waals surface area contributed by atoms with Crippen LogP contribution in [0.1, 0.15) is 18.4 Å². The first kappa shape index (κ1) is 19.8. The van der Waals surface area contributed by atoms with Gasteiger partial charge < -0.3 is 5.32 Å². The van der Waals surface area contributed by atoms with E-state index >= 15 is 0 Å². The van der Waals surface area contributed by atoms with Gasteiger partial charge in [0.15, 0.2) is 0 Å². The number of piperidine rings is 1. The molecule has 1 fully saturated rings. The Hall–Kier alpha value is -1.29. The standard InChI is InChI=1S/C13H18FN3O4S.ClH/c1-9-12(14)6-11(7-13(9)17(18)19)22(20,21)16-5-3-4-10(8-16)15-2;/h6-7,10,15H,3-5,8H2,1-2H3;1H. The minimum absolute atomic E-state index is 0. The Kier molecular flexibility index (Phi) is 6.46. The van der Waals surface area contributed by atoms with Gasteiger partial charge in [0.25, 0.3) is 5.69 Å². The summed E-state index contributed by atoms with van der Waals surface area (Å²) in [4.78, 5) is 9.80. The third-order valence-corrected chi connectivity index (χ3v) is 5.76. The van der Waals surface area contributed by atoms with Crippen LogP contribution in [0.25, 0.3) is 0 Å². The summed E-state index contributed by atoms with van der Waals surface area (Å²) in [6.45, 7) is 1.84. The molecule has 1 aromatic rings. The van der Waals surface area contributed by atoms with E-state index in [0.29, 0.717) is 13.0 Å². The van der Waals surface area contributed by atoms with Gasteiger partial charge in [0.2, 0.25) is 10.0 Å². The molecule has 0 spiro atoms. The molecule has 2 rings (SSSR count). The predicted molar refractivity (Wildman–Crippen MR) is 85.9 cm³/mol. The van der Waals surface area contributed by atoms with Crippen LogP contribution in [-0.2, 0) is 10.0 Å². The maximum Gasteiger partial charge on any atom is 0.276 e. The Morgan fingerprint density at radius 2 is 2.09 bits per heavy atom. The number of hydrogen-bond acceptors (Lipinski definition) is 5. The van der Waals surface area contributed by atoms with Crippen molar-refractivity contribution in [1.82, 2.24) is 9.62 Å². The van der Waals surface area contributed by atoms with E-state index in [1.54, 1.807) is 7.05 Å². The Balaban J connectivity index is 0.00000264. The van der Waals surface area contributed by atoms with Crippen LogP contribution in [0, 0.1) is 22.9 Å². The van der Waals surface area contributed by atoms with Gasteiger partial charge in [0, 0.05) is 25.2 Å². The molecule has 1 unspecified atom stereocenters. The monoisotopic (exact) mass is 367 g/mol. The zero-order chi connectivity index (χ0) is 16.5. The lowest BCUT2D eigenvalue weighted by Gasteiger charge is -2.31. The van der Waals surface area contributed by atoms with Crippen LogP contribution in [0.2, 0.25) is 0 Å². The molecule has 1 heterocycles. The summed E-state index contributed by atoms with van der Waals surface area (Å²) in [5.41, 5.74) is -0.698. The SMILES string of the molecule is CNC1CCCN(S(=O)(=O)c2cc(F)c(C)c([N+](=O)[O-])c2)C1.Cl. The summed E-state index contributed by atoms with van der Waals surface area (Å²) in [6.07, 6.45) is 1.53. The van der Waals surface area contributed by atoms with Crippen molar-refractivity contribution >= 4 is 28.1 Å². The normalized spacial score (nSPS) is 19.2. The summed E-state index contributed by atoms with van der Waals surface area (Å²) >= 11 is 0. The number of nitrogens with one attached hydrogen (secondary N) is 1. The molecule has 0 bridgehead atoms. The Bertz CT molecular complexity index is 699. The van der Waals surface area contributed by atoms with Crippen molar-refractivity contribution in [3.63, 3.8) is 0 Å². The van der Waals surface area contributed by atoms with Crippen LogP contribution in [0.5, 0.6) is 0 Å². The van der Waals surface area contributed by atoms with Gasteiger partial charge in [-0.05, 0) is 32.9 Å². The van der Waals surface area contributed by atoms with E-state index in [4.69, 9.17) is 0 Å². The molecule has 10 heteroatoms. The van der Waals surface area contributed by atoms with Gasteiger partial charge in [0.05, 0.1) is 15.4 Å². The van der Waals surface area contributed by atoms with Gasteiger partial charge in [-0.15, -0.1) is 12.4 Å². The number of nitrogens with zero attached hydrogens (tertiary/aromatic N) is 2. The van der Waals surface area contributed by atoms with Gasteiger partial charge >= 0.3 is 0 Å². The quantitative estimate of drug-likeness (QED) is 0.647. The third-order valence-electron chi connectivity index (χ3n) is 3.92. The molecule has 1 saturated heterocycles. The van der Waals surface area contributed by atoms with Crippen molar-refractivity contribution in [1.29, 1.82) is 0 Å². The Morgan fingerprint density at radius 3 is 2.65 bits per heavy atom. The van der Waals surface area contributed by atoms with Crippen molar-refractivity contribution in [2.75, 3.05) is 20.1 Å². The number of sulfonamides is 1. The summed E-state index contributed by atoms with van der Waals surface area (Å²) in [5, 5.41) is 14.0. The van der Waals surface area contributed by atoms with Crippen LogP contribution in [0.3, 0.4) is 0 Å². The molecule has 7 nitrogen and oxygen atoms in total.